The quantitative estimate of drug-likeness (QED) is 0.820. The van der Waals surface area contributed by atoms with Crippen LogP contribution in [0.25, 0.3) is 0 Å². The van der Waals surface area contributed by atoms with Gasteiger partial charge in [0.2, 0.25) is 0 Å². The molecule has 0 heterocycles. The number of nitrogens with two attached hydrogens (primary N) is 1. The standard InChI is InChI=1S/C12H9Cl3N2O2S/c13-7-1-3-11(9(15)5-7)17-20(18,19)12-4-2-8(14)6-10(12)16/h1-6,17H,16H2. The molecule has 0 aliphatic carbocycles. The highest BCUT2D eigenvalue weighted by atomic mass is 35.5. The second-order valence-corrected chi connectivity index (χ2v) is 6.84. The molecule has 0 radical (unpaired) electrons. The van der Waals surface area contributed by atoms with E-state index in [1.54, 1.807) is 0 Å². The van der Waals surface area contributed by atoms with E-state index in [9.17, 15) is 8.42 Å². The second-order valence-electron chi connectivity index (χ2n) is 3.91. The molecular weight excluding hydrogens is 343 g/mol. The molecule has 0 unspecified atom stereocenters. The minimum atomic E-state index is -3.86. The molecule has 2 aromatic rings. The Kier molecular flexibility index (Phi) is 4.34. The number of halogens is 3. The van der Waals surface area contributed by atoms with Crippen LogP contribution in [0.4, 0.5) is 11.4 Å². The van der Waals surface area contributed by atoms with Gasteiger partial charge in [0, 0.05) is 10.0 Å². The molecule has 2 aromatic carbocycles. The smallest absolute Gasteiger partial charge is 0.263 e. The van der Waals surface area contributed by atoms with Crippen molar-refractivity contribution in [2.24, 2.45) is 0 Å². The summed E-state index contributed by atoms with van der Waals surface area (Å²) in [6, 6.07) is 8.55. The Balaban J connectivity index is 2.41. The van der Waals surface area contributed by atoms with Gasteiger partial charge in [0.15, 0.2) is 0 Å². The van der Waals surface area contributed by atoms with Crippen molar-refractivity contribution in [2.75, 3.05) is 10.5 Å². The average molecular weight is 352 g/mol. The number of hydrogen-bond acceptors (Lipinski definition) is 3. The third-order valence-corrected chi connectivity index (χ3v) is 4.66. The number of sulfonamides is 1. The molecule has 0 bridgehead atoms. The lowest BCUT2D eigenvalue weighted by Gasteiger charge is -2.11. The van der Waals surface area contributed by atoms with E-state index < -0.39 is 10.0 Å². The Hall–Kier alpha value is -1.14. The van der Waals surface area contributed by atoms with E-state index in [1.165, 1.54) is 36.4 Å². The van der Waals surface area contributed by atoms with Crippen LogP contribution in [0.5, 0.6) is 0 Å². The fourth-order valence-corrected chi connectivity index (χ4v) is 3.42. The molecule has 0 atom stereocenters. The summed E-state index contributed by atoms with van der Waals surface area (Å²) in [6.45, 7) is 0. The van der Waals surface area contributed by atoms with E-state index >= 15 is 0 Å². The fraction of sp³-hybridized carbons (Fsp3) is 0. The third-order valence-electron chi connectivity index (χ3n) is 2.44. The molecule has 0 fully saturated rings. The zero-order valence-corrected chi connectivity index (χ0v) is 13.0. The van der Waals surface area contributed by atoms with Crippen molar-refractivity contribution in [3.8, 4) is 0 Å². The molecule has 20 heavy (non-hydrogen) atoms. The van der Waals surface area contributed by atoms with Gasteiger partial charge < -0.3 is 5.73 Å². The van der Waals surface area contributed by atoms with Gasteiger partial charge in [-0.1, -0.05) is 34.8 Å². The molecule has 106 valence electrons. The molecular formula is C12H9Cl3N2O2S. The molecule has 2 rings (SSSR count). The van der Waals surface area contributed by atoms with E-state index in [0.29, 0.717) is 10.0 Å². The van der Waals surface area contributed by atoms with Crippen LogP contribution in [0.1, 0.15) is 0 Å². The zero-order chi connectivity index (χ0) is 14.9. The maximum Gasteiger partial charge on any atom is 0.263 e. The molecule has 3 N–H and O–H groups in total. The Labute approximate surface area is 131 Å². The Morgan fingerprint density at radius 3 is 2.15 bits per heavy atom. The molecule has 0 aliphatic heterocycles. The average Bonchev–Trinajstić information content (AvgIpc) is 2.32. The van der Waals surface area contributed by atoms with Crippen molar-refractivity contribution in [2.45, 2.75) is 4.90 Å². The molecule has 0 spiro atoms. The maximum atomic E-state index is 12.2. The highest BCUT2D eigenvalue weighted by Gasteiger charge is 2.19. The number of anilines is 2. The highest BCUT2D eigenvalue weighted by molar-refractivity contribution is 7.92. The summed E-state index contributed by atoms with van der Waals surface area (Å²) in [5, 5.41) is 0.948. The minimum absolute atomic E-state index is 0.0510. The van der Waals surface area contributed by atoms with Gasteiger partial charge in [0.25, 0.3) is 10.0 Å². The lowest BCUT2D eigenvalue weighted by molar-refractivity contribution is 0.601. The van der Waals surface area contributed by atoms with Crippen molar-refractivity contribution < 1.29 is 8.42 Å². The third kappa shape index (κ3) is 3.30. The van der Waals surface area contributed by atoms with E-state index in [2.05, 4.69) is 4.72 Å². The summed E-state index contributed by atoms with van der Waals surface area (Å²) < 4.78 is 26.8. The number of benzene rings is 2. The van der Waals surface area contributed by atoms with Crippen molar-refractivity contribution in [1.82, 2.24) is 0 Å². The van der Waals surface area contributed by atoms with Crippen LogP contribution in [-0.4, -0.2) is 8.42 Å². The van der Waals surface area contributed by atoms with Gasteiger partial charge in [0.1, 0.15) is 4.90 Å². The van der Waals surface area contributed by atoms with Crippen molar-refractivity contribution in [1.29, 1.82) is 0 Å². The first-order valence-corrected chi connectivity index (χ1v) is 7.94. The van der Waals surface area contributed by atoms with Crippen molar-refractivity contribution in [3.05, 3.63) is 51.5 Å². The predicted octanol–water partition coefficient (Wildman–Crippen LogP) is 4.03. The van der Waals surface area contributed by atoms with E-state index in [-0.39, 0.29) is 21.3 Å². The zero-order valence-electron chi connectivity index (χ0n) is 9.90. The molecule has 0 saturated carbocycles. The van der Waals surface area contributed by atoms with Crippen LogP contribution in [-0.2, 0) is 10.0 Å². The second kappa shape index (κ2) is 5.69. The Morgan fingerprint density at radius 2 is 1.55 bits per heavy atom. The van der Waals surface area contributed by atoms with Gasteiger partial charge in [-0.2, -0.15) is 0 Å². The summed E-state index contributed by atoms with van der Waals surface area (Å²) in [4.78, 5) is -0.0760. The molecule has 0 saturated heterocycles. The first kappa shape index (κ1) is 15.3. The predicted molar refractivity (Wildman–Crippen MR) is 83.1 cm³/mol. The van der Waals surface area contributed by atoms with Gasteiger partial charge >= 0.3 is 0 Å². The summed E-state index contributed by atoms with van der Waals surface area (Å²) in [5.41, 5.74) is 5.93. The van der Waals surface area contributed by atoms with Crippen LogP contribution in [0.2, 0.25) is 15.1 Å². The largest absolute Gasteiger partial charge is 0.398 e. The number of rotatable bonds is 3. The van der Waals surface area contributed by atoms with E-state index in [0.717, 1.165) is 0 Å². The van der Waals surface area contributed by atoms with Gasteiger partial charge in [-0.25, -0.2) is 8.42 Å². The van der Waals surface area contributed by atoms with E-state index in [1.807, 2.05) is 0 Å². The number of nitrogen functional groups attached to an aromatic ring is 1. The lowest BCUT2D eigenvalue weighted by atomic mass is 10.3. The minimum Gasteiger partial charge on any atom is -0.398 e. The number of nitrogens with one attached hydrogen (secondary N) is 1. The topological polar surface area (TPSA) is 72.2 Å². The SMILES string of the molecule is Nc1cc(Cl)ccc1S(=O)(=O)Nc1ccc(Cl)cc1Cl. The molecule has 0 aliphatic rings. The van der Waals surface area contributed by atoms with Gasteiger partial charge in [-0.05, 0) is 36.4 Å². The molecule has 0 aromatic heterocycles. The van der Waals surface area contributed by atoms with Gasteiger partial charge in [0.05, 0.1) is 16.4 Å². The lowest BCUT2D eigenvalue weighted by Crippen LogP contribution is -2.15. The van der Waals surface area contributed by atoms with Crippen LogP contribution in [0, 0.1) is 0 Å². The maximum absolute atomic E-state index is 12.2. The fourth-order valence-electron chi connectivity index (χ4n) is 1.54. The highest BCUT2D eigenvalue weighted by Crippen LogP contribution is 2.29. The Morgan fingerprint density at radius 1 is 0.950 bits per heavy atom. The molecule has 0 amide bonds. The van der Waals surface area contributed by atoms with Crippen molar-refractivity contribution in [3.63, 3.8) is 0 Å². The van der Waals surface area contributed by atoms with Crippen LogP contribution < -0.4 is 10.5 Å². The van der Waals surface area contributed by atoms with Gasteiger partial charge in [-0.3, -0.25) is 4.72 Å². The first-order chi connectivity index (χ1) is 9.29. The summed E-state index contributed by atoms with van der Waals surface area (Å²) in [5.74, 6) is 0. The normalized spacial score (nSPS) is 11.3. The summed E-state index contributed by atoms with van der Waals surface area (Å²) >= 11 is 17.4. The molecule has 8 heteroatoms. The van der Waals surface area contributed by atoms with Crippen molar-refractivity contribution >= 4 is 56.2 Å². The molecule has 4 nitrogen and oxygen atoms in total. The van der Waals surface area contributed by atoms with Crippen LogP contribution >= 0.6 is 34.8 Å². The number of hydrogen-bond donors (Lipinski definition) is 2. The van der Waals surface area contributed by atoms with Crippen LogP contribution in [0.3, 0.4) is 0 Å². The Bertz CT molecular complexity index is 763. The first-order valence-electron chi connectivity index (χ1n) is 5.32. The van der Waals surface area contributed by atoms with E-state index in [4.69, 9.17) is 40.5 Å². The summed E-state index contributed by atoms with van der Waals surface area (Å²) in [6.07, 6.45) is 0. The van der Waals surface area contributed by atoms with Gasteiger partial charge in [-0.15, -0.1) is 0 Å². The van der Waals surface area contributed by atoms with Crippen LogP contribution in [0.15, 0.2) is 41.3 Å². The monoisotopic (exact) mass is 350 g/mol. The summed E-state index contributed by atoms with van der Waals surface area (Å²) in [7, 11) is -3.86.